The van der Waals surface area contributed by atoms with Crippen molar-refractivity contribution >= 4 is 11.8 Å². The van der Waals surface area contributed by atoms with E-state index < -0.39 is 17.7 Å². The summed E-state index contributed by atoms with van der Waals surface area (Å²) in [6, 6.07) is 0. The summed E-state index contributed by atoms with van der Waals surface area (Å²) in [5, 5.41) is 0. The van der Waals surface area contributed by atoms with Crippen LogP contribution in [-0.2, 0) is 9.59 Å². The van der Waals surface area contributed by atoms with Gasteiger partial charge < -0.3 is 0 Å². The number of nitrogens with one attached hydrogen (secondary N) is 2. The molecule has 0 atom stereocenters. The number of hydrazine groups is 2. The Hall–Kier alpha value is -1.14. The van der Waals surface area contributed by atoms with E-state index in [2.05, 4.69) is 0 Å². The molecule has 0 aromatic heterocycles. The van der Waals surface area contributed by atoms with Gasteiger partial charge in [-0.15, -0.1) is 0 Å². The summed E-state index contributed by atoms with van der Waals surface area (Å²) in [6.07, 6.45) is 1.76. The van der Waals surface area contributed by atoms with E-state index in [1.807, 2.05) is 10.9 Å². The van der Waals surface area contributed by atoms with Gasteiger partial charge in [-0.1, -0.05) is 0 Å². The van der Waals surface area contributed by atoms with E-state index in [9.17, 15) is 9.59 Å². The van der Waals surface area contributed by atoms with Crippen LogP contribution in [0.25, 0.3) is 0 Å². The Morgan fingerprint density at radius 3 is 1.83 bits per heavy atom. The van der Waals surface area contributed by atoms with E-state index in [0.29, 0.717) is 0 Å². The number of hydrogen-bond donors (Lipinski definition) is 4. The molecule has 0 unspecified atom stereocenters. The summed E-state index contributed by atoms with van der Waals surface area (Å²) in [7, 11) is 0. The maximum atomic E-state index is 11.0. The average Bonchev–Trinajstić information content (AvgIpc) is 2.88. The summed E-state index contributed by atoms with van der Waals surface area (Å²) < 4.78 is 0. The first-order chi connectivity index (χ1) is 5.70. The van der Waals surface area contributed by atoms with Gasteiger partial charge in [0.05, 0.1) is 0 Å². The maximum Gasteiger partial charge on any atom is 0.246 e. The molecule has 6 N–H and O–H groups in total. The van der Waals surface area contributed by atoms with Gasteiger partial charge in [0.2, 0.25) is 11.8 Å². The number of amides is 2. The second-order valence-corrected chi connectivity index (χ2v) is 2.83. The average molecular weight is 172 g/mol. The highest BCUT2D eigenvalue weighted by Gasteiger charge is 2.40. The minimum Gasteiger partial charge on any atom is -0.294 e. The van der Waals surface area contributed by atoms with Crippen molar-refractivity contribution in [2.45, 2.75) is 12.8 Å². The molecule has 1 aliphatic rings. The van der Waals surface area contributed by atoms with Crippen LogP contribution < -0.4 is 22.5 Å². The van der Waals surface area contributed by atoms with Crippen molar-refractivity contribution < 1.29 is 9.59 Å². The molecule has 6 heteroatoms. The van der Waals surface area contributed by atoms with Crippen LogP contribution >= 0.6 is 0 Å². The van der Waals surface area contributed by atoms with Crippen LogP contribution in [0.3, 0.4) is 0 Å². The summed E-state index contributed by atoms with van der Waals surface area (Å²) in [4.78, 5) is 22.1. The Bertz CT molecular complexity index is 186. The molecule has 1 aliphatic carbocycles. The molecule has 0 aromatic rings. The van der Waals surface area contributed by atoms with E-state index in [1.165, 1.54) is 0 Å². The highest BCUT2D eigenvalue weighted by molar-refractivity contribution is 6.00. The van der Waals surface area contributed by atoms with Crippen LogP contribution in [0, 0.1) is 11.8 Å². The lowest BCUT2D eigenvalue weighted by molar-refractivity contribution is -0.136. The molecule has 0 heterocycles. The predicted molar refractivity (Wildman–Crippen MR) is 40.9 cm³/mol. The molecule has 6 nitrogen and oxygen atoms in total. The molecule has 1 rings (SSSR count). The molecule has 1 fully saturated rings. The fourth-order valence-electron chi connectivity index (χ4n) is 1.16. The Balaban J connectivity index is 2.60. The van der Waals surface area contributed by atoms with Gasteiger partial charge in [-0.25, -0.2) is 11.7 Å². The Morgan fingerprint density at radius 2 is 1.58 bits per heavy atom. The van der Waals surface area contributed by atoms with Crippen molar-refractivity contribution in [3.8, 4) is 0 Å². The van der Waals surface area contributed by atoms with Crippen LogP contribution in [0.15, 0.2) is 0 Å². The standard InChI is InChI=1S/C6H12N4O2/c7-9-5(11)4(3-1-2-3)6(12)10-8/h3-4H,1-2,7-8H2,(H,9,11)(H,10,12). The predicted octanol–water partition coefficient (Wildman–Crippen LogP) is -2.01. The van der Waals surface area contributed by atoms with Gasteiger partial charge in [0.25, 0.3) is 0 Å². The number of carbonyl (C=O) groups excluding carboxylic acids is 2. The largest absolute Gasteiger partial charge is 0.294 e. The lowest BCUT2D eigenvalue weighted by atomic mass is 10.0. The summed E-state index contributed by atoms with van der Waals surface area (Å²) in [6.45, 7) is 0. The van der Waals surface area contributed by atoms with E-state index in [0.717, 1.165) is 12.8 Å². The lowest BCUT2D eigenvalue weighted by Crippen LogP contribution is -2.46. The molecule has 1 saturated carbocycles. The molecular weight excluding hydrogens is 160 g/mol. The highest BCUT2D eigenvalue weighted by Crippen LogP contribution is 2.36. The van der Waals surface area contributed by atoms with E-state index in [-0.39, 0.29) is 5.92 Å². The number of hydrogen-bond acceptors (Lipinski definition) is 4. The second kappa shape index (κ2) is 3.51. The maximum absolute atomic E-state index is 11.0. The summed E-state index contributed by atoms with van der Waals surface area (Å²) in [5.41, 5.74) is 3.89. The zero-order chi connectivity index (χ0) is 9.14. The zero-order valence-electron chi connectivity index (χ0n) is 6.54. The number of rotatable bonds is 3. The van der Waals surface area contributed by atoms with Gasteiger partial charge in [0, 0.05) is 0 Å². The van der Waals surface area contributed by atoms with Crippen molar-refractivity contribution in [3.63, 3.8) is 0 Å². The van der Waals surface area contributed by atoms with E-state index in [4.69, 9.17) is 11.7 Å². The third-order valence-electron chi connectivity index (χ3n) is 1.94. The molecule has 2 amide bonds. The van der Waals surface area contributed by atoms with Gasteiger partial charge in [0.15, 0.2) is 0 Å². The Labute approximate surface area is 69.6 Å². The van der Waals surface area contributed by atoms with Gasteiger partial charge in [-0.3, -0.25) is 20.4 Å². The normalized spacial score (nSPS) is 15.9. The van der Waals surface area contributed by atoms with E-state index in [1.54, 1.807) is 0 Å². The SMILES string of the molecule is NNC(=O)C(C(=O)NN)C1CC1. The third-order valence-corrected chi connectivity index (χ3v) is 1.94. The van der Waals surface area contributed by atoms with Gasteiger partial charge in [-0.2, -0.15) is 0 Å². The van der Waals surface area contributed by atoms with Crippen molar-refractivity contribution in [1.29, 1.82) is 0 Å². The molecule has 0 saturated heterocycles. The van der Waals surface area contributed by atoms with Crippen LogP contribution in [0.5, 0.6) is 0 Å². The monoisotopic (exact) mass is 172 g/mol. The first kappa shape index (κ1) is 8.95. The zero-order valence-corrected chi connectivity index (χ0v) is 6.54. The molecule has 0 bridgehead atoms. The molecule has 0 spiro atoms. The van der Waals surface area contributed by atoms with Crippen LogP contribution in [0.1, 0.15) is 12.8 Å². The van der Waals surface area contributed by atoms with Crippen LogP contribution in [0.4, 0.5) is 0 Å². The van der Waals surface area contributed by atoms with Crippen molar-refractivity contribution in [3.05, 3.63) is 0 Å². The Kier molecular flexibility index (Phi) is 2.61. The quantitative estimate of drug-likeness (QED) is 0.171. The number of carbonyl (C=O) groups is 2. The van der Waals surface area contributed by atoms with Gasteiger partial charge in [-0.05, 0) is 18.8 Å². The molecule has 0 aromatic carbocycles. The first-order valence-corrected chi connectivity index (χ1v) is 3.71. The van der Waals surface area contributed by atoms with Gasteiger partial charge in [0.1, 0.15) is 5.92 Å². The Morgan fingerprint density at radius 1 is 1.17 bits per heavy atom. The lowest BCUT2D eigenvalue weighted by Gasteiger charge is -2.11. The first-order valence-electron chi connectivity index (χ1n) is 3.71. The van der Waals surface area contributed by atoms with Crippen LogP contribution in [-0.4, -0.2) is 11.8 Å². The van der Waals surface area contributed by atoms with E-state index >= 15 is 0 Å². The fourth-order valence-corrected chi connectivity index (χ4v) is 1.16. The molecule has 0 radical (unpaired) electrons. The fraction of sp³-hybridized carbons (Fsp3) is 0.667. The van der Waals surface area contributed by atoms with Crippen LogP contribution in [0.2, 0.25) is 0 Å². The molecular formula is C6H12N4O2. The summed E-state index contributed by atoms with van der Waals surface area (Å²) >= 11 is 0. The molecule has 68 valence electrons. The minimum atomic E-state index is -0.722. The number of nitrogens with two attached hydrogens (primary N) is 2. The summed E-state index contributed by atoms with van der Waals surface area (Å²) in [5.74, 6) is 8.26. The molecule has 12 heavy (non-hydrogen) atoms. The molecule has 0 aliphatic heterocycles. The van der Waals surface area contributed by atoms with Crippen molar-refractivity contribution in [2.24, 2.45) is 23.5 Å². The van der Waals surface area contributed by atoms with Crippen molar-refractivity contribution in [1.82, 2.24) is 10.9 Å². The topological polar surface area (TPSA) is 110 Å². The smallest absolute Gasteiger partial charge is 0.246 e. The minimum absolute atomic E-state index is 0.108. The third kappa shape index (κ3) is 1.72. The second-order valence-electron chi connectivity index (χ2n) is 2.83. The highest BCUT2D eigenvalue weighted by atomic mass is 16.2. The van der Waals surface area contributed by atoms with Crippen molar-refractivity contribution in [2.75, 3.05) is 0 Å². The van der Waals surface area contributed by atoms with Gasteiger partial charge >= 0.3 is 0 Å².